The van der Waals surface area contributed by atoms with Crippen LogP contribution in [-0.2, 0) is 0 Å². The Bertz CT molecular complexity index is 1400. The molecular weight excluding hydrogens is 448 g/mol. The minimum Gasteiger partial charge on any atom is -0.368 e. The highest BCUT2D eigenvalue weighted by molar-refractivity contribution is 6.02. The Hall–Kier alpha value is -3.97. The Kier molecular flexibility index (Phi) is 6.57. The van der Waals surface area contributed by atoms with E-state index in [1.54, 1.807) is 0 Å². The molecule has 4 aromatic rings. The number of nitrogens with one attached hydrogen (secondary N) is 2. The standard InChI is InChI=1S/C29H32N6O/c1-19-15-23(5-7-25(19)22-16-20(2)31-21(3)17-22)32-29(36)33-24-6-8-27-26(18-24)28(9-10-30-27)35-13-11-34(4)12-14-35/h5-10,15-18H,11-14H2,1-4H3,(H2,32,33,36). The third-order valence-corrected chi connectivity index (χ3v) is 6.70. The number of hydrogen-bond acceptors (Lipinski definition) is 5. The summed E-state index contributed by atoms with van der Waals surface area (Å²) < 4.78 is 0. The van der Waals surface area contributed by atoms with E-state index in [2.05, 4.69) is 62.6 Å². The highest BCUT2D eigenvalue weighted by Crippen LogP contribution is 2.30. The van der Waals surface area contributed by atoms with Gasteiger partial charge in [-0.3, -0.25) is 9.97 Å². The molecule has 0 unspecified atom stereocenters. The second-order valence-electron chi connectivity index (χ2n) is 9.60. The zero-order chi connectivity index (χ0) is 25.2. The molecule has 1 saturated heterocycles. The molecule has 7 heteroatoms. The second kappa shape index (κ2) is 9.95. The number of urea groups is 1. The number of carbonyl (C=O) groups excluding carboxylic acids is 1. The lowest BCUT2D eigenvalue weighted by atomic mass is 9.99. The van der Waals surface area contributed by atoms with Crippen LogP contribution in [0.2, 0.25) is 0 Å². The van der Waals surface area contributed by atoms with E-state index in [0.717, 1.165) is 82.2 Å². The van der Waals surface area contributed by atoms with Crippen molar-refractivity contribution < 1.29 is 4.79 Å². The van der Waals surface area contributed by atoms with Crippen molar-refractivity contribution in [3.05, 3.63) is 77.7 Å². The topological polar surface area (TPSA) is 73.4 Å². The molecule has 1 aliphatic rings. The molecule has 36 heavy (non-hydrogen) atoms. The van der Waals surface area contributed by atoms with E-state index in [-0.39, 0.29) is 6.03 Å². The largest absolute Gasteiger partial charge is 0.368 e. The van der Waals surface area contributed by atoms with E-state index in [9.17, 15) is 4.79 Å². The van der Waals surface area contributed by atoms with E-state index >= 15 is 0 Å². The minimum absolute atomic E-state index is 0.276. The van der Waals surface area contributed by atoms with Crippen LogP contribution in [0.25, 0.3) is 22.0 Å². The van der Waals surface area contributed by atoms with Gasteiger partial charge in [-0.15, -0.1) is 0 Å². The molecule has 2 N–H and O–H groups in total. The molecule has 1 fully saturated rings. The van der Waals surface area contributed by atoms with Crippen LogP contribution in [0.5, 0.6) is 0 Å². The maximum absolute atomic E-state index is 12.8. The second-order valence-corrected chi connectivity index (χ2v) is 9.60. The molecule has 2 amide bonds. The third-order valence-electron chi connectivity index (χ3n) is 6.70. The number of nitrogens with zero attached hydrogens (tertiary/aromatic N) is 4. The average molecular weight is 481 g/mol. The molecule has 0 aliphatic carbocycles. The van der Waals surface area contributed by atoms with Gasteiger partial charge in [-0.25, -0.2) is 4.79 Å². The van der Waals surface area contributed by atoms with Gasteiger partial charge in [-0.2, -0.15) is 0 Å². The van der Waals surface area contributed by atoms with Gasteiger partial charge in [0.25, 0.3) is 0 Å². The molecule has 3 heterocycles. The summed E-state index contributed by atoms with van der Waals surface area (Å²) in [5.74, 6) is 0. The van der Waals surface area contributed by atoms with Crippen LogP contribution in [0.3, 0.4) is 0 Å². The SMILES string of the molecule is Cc1cc(-c2ccc(NC(=O)Nc3ccc4nccc(N5CCN(C)CC5)c4c3)cc2C)cc(C)n1. The first-order valence-corrected chi connectivity index (χ1v) is 12.3. The fourth-order valence-electron chi connectivity index (χ4n) is 4.88. The Morgan fingerprint density at radius 2 is 1.50 bits per heavy atom. The van der Waals surface area contributed by atoms with Crippen molar-refractivity contribution in [3.63, 3.8) is 0 Å². The highest BCUT2D eigenvalue weighted by atomic mass is 16.2. The summed E-state index contributed by atoms with van der Waals surface area (Å²) in [6.45, 7) is 10.1. The number of benzene rings is 2. The summed E-state index contributed by atoms with van der Waals surface area (Å²) >= 11 is 0. The molecule has 2 aromatic heterocycles. The number of aryl methyl sites for hydroxylation is 3. The van der Waals surface area contributed by atoms with Crippen molar-refractivity contribution in [2.45, 2.75) is 20.8 Å². The molecule has 0 saturated carbocycles. The fourth-order valence-corrected chi connectivity index (χ4v) is 4.88. The average Bonchev–Trinajstić information content (AvgIpc) is 2.83. The van der Waals surface area contributed by atoms with Gasteiger partial charge in [0.2, 0.25) is 0 Å². The molecule has 2 aromatic carbocycles. The summed E-state index contributed by atoms with van der Waals surface area (Å²) in [6.07, 6.45) is 1.86. The maximum atomic E-state index is 12.8. The molecule has 0 radical (unpaired) electrons. The smallest absolute Gasteiger partial charge is 0.323 e. The van der Waals surface area contributed by atoms with Crippen LogP contribution in [0.4, 0.5) is 21.9 Å². The van der Waals surface area contributed by atoms with Gasteiger partial charge < -0.3 is 20.4 Å². The third kappa shape index (κ3) is 5.16. The Labute approximate surface area is 212 Å². The first-order chi connectivity index (χ1) is 17.4. The van der Waals surface area contributed by atoms with Crippen molar-refractivity contribution >= 4 is 34.0 Å². The molecule has 184 valence electrons. The van der Waals surface area contributed by atoms with Crippen LogP contribution in [0.1, 0.15) is 17.0 Å². The molecule has 5 rings (SSSR count). The Balaban J connectivity index is 1.32. The summed E-state index contributed by atoms with van der Waals surface area (Å²) in [5.41, 5.74) is 8.90. The minimum atomic E-state index is -0.276. The van der Waals surface area contributed by atoms with Crippen LogP contribution in [0.15, 0.2) is 60.8 Å². The number of amides is 2. The molecule has 0 spiro atoms. The maximum Gasteiger partial charge on any atom is 0.323 e. The predicted octanol–water partition coefficient (Wildman–Crippen LogP) is 5.62. The van der Waals surface area contributed by atoms with Gasteiger partial charge in [-0.05, 0) is 93.0 Å². The van der Waals surface area contributed by atoms with E-state index < -0.39 is 0 Å². The van der Waals surface area contributed by atoms with Gasteiger partial charge in [0, 0.05) is 66.2 Å². The molecule has 0 bridgehead atoms. The van der Waals surface area contributed by atoms with Gasteiger partial charge >= 0.3 is 6.03 Å². The number of aromatic nitrogens is 2. The van der Waals surface area contributed by atoms with Crippen molar-refractivity contribution in [2.24, 2.45) is 0 Å². The van der Waals surface area contributed by atoms with Crippen LogP contribution in [-0.4, -0.2) is 54.1 Å². The number of fused-ring (bicyclic) bond motifs is 1. The van der Waals surface area contributed by atoms with E-state index in [1.807, 2.05) is 56.4 Å². The normalized spacial score (nSPS) is 14.2. The van der Waals surface area contributed by atoms with Gasteiger partial charge in [0.1, 0.15) is 0 Å². The van der Waals surface area contributed by atoms with Gasteiger partial charge in [-0.1, -0.05) is 6.07 Å². The van der Waals surface area contributed by atoms with Gasteiger partial charge in [0.15, 0.2) is 0 Å². The lowest BCUT2D eigenvalue weighted by Crippen LogP contribution is -2.44. The highest BCUT2D eigenvalue weighted by Gasteiger charge is 2.17. The summed E-state index contributed by atoms with van der Waals surface area (Å²) in [5, 5.41) is 7.00. The monoisotopic (exact) mass is 480 g/mol. The van der Waals surface area contributed by atoms with E-state index in [4.69, 9.17) is 0 Å². The van der Waals surface area contributed by atoms with Crippen molar-refractivity contribution in [3.8, 4) is 11.1 Å². The molecule has 7 nitrogen and oxygen atoms in total. The Morgan fingerprint density at radius 3 is 2.19 bits per heavy atom. The van der Waals surface area contributed by atoms with Crippen LogP contribution < -0.4 is 15.5 Å². The molecular formula is C29H32N6O. The van der Waals surface area contributed by atoms with Gasteiger partial charge in [0.05, 0.1) is 5.52 Å². The Morgan fingerprint density at radius 1 is 0.833 bits per heavy atom. The number of anilines is 3. The summed E-state index contributed by atoms with van der Waals surface area (Å²) in [7, 11) is 2.15. The van der Waals surface area contributed by atoms with Crippen LogP contribution in [0, 0.1) is 20.8 Å². The number of pyridine rings is 2. The summed E-state index contributed by atoms with van der Waals surface area (Å²) in [4.78, 5) is 26.6. The number of piperazine rings is 1. The fraction of sp³-hybridized carbons (Fsp3) is 0.276. The quantitative estimate of drug-likeness (QED) is 0.397. The summed E-state index contributed by atoms with van der Waals surface area (Å²) in [6, 6.07) is 17.8. The lowest BCUT2D eigenvalue weighted by molar-refractivity contribution is 0.262. The number of rotatable bonds is 4. The molecule has 0 atom stereocenters. The zero-order valence-electron chi connectivity index (χ0n) is 21.3. The van der Waals surface area contributed by atoms with Crippen molar-refractivity contribution in [2.75, 3.05) is 48.8 Å². The van der Waals surface area contributed by atoms with Crippen molar-refractivity contribution in [1.82, 2.24) is 14.9 Å². The van der Waals surface area contributed by atoms with Crippen molar-refractivity contribution in [1.29, 1.82) is 0 Å². The zero-order valence-corrected chi connectivity index (χ0v) is 21.3. The first-order valence-electron chi connectivity index (χ1n) is 12.3. The number of likely N-dealkylation sites (N-methyl/N-ethyl adjacent to an activating group) is 1. The molecule has 1 aliphatic heterocycles. The van der Waals surface area contributed by atoms with Crippen LogP contribution >= 0.6 is 0 Å². The number of carbonyl (C=O) groups is 1. The van der Waals surface area contributed by atoms with E-state index in [1.165, 1.54) is 0 Å². The van der Waals surface area contributed by atoms with E-state index in [0.29, 0.717) is 0 Å². The lowest BCUT2D eigenvalue weighted by Gasteiger charge is -2.34. The number of hydrogen-bond donors (Lipinski definition) is 2. The predicted molar refractivity (Wildman–Crippen MR) is 148 cm³/mol. The first kappa shape index (κ1) is 23.8.